The lowest BCUT2D eigenvalue weighted by molar-refractivity contribution is 0.556. The summed E-state index contributed by atoms with van der Waals surface area (Å²) in [5, 5.41) is 8.56. The van der Waals surface area contributed by atoms with Gasteiger partial charge >= 0.3 is 0 Å². The first kappa shape index (κ1) is 7.33. The van der Waals surface area contributed by atoms with Gasteiger partial charge in [0.2, 0.25) is 0 Å². The Morgan fingerprint density at radius 1 is 1.25 bits per heavy atom. The van der Waals surface area contributed by atoms with Crippen LogP contribution in [0, 0.1) is 11.3 Å². The summed E-state index contributed by atoms with van der Waals surface area (Å²) in [5.41, 5.74) is 2.04. The van der Waals surface area contributed by atoms with Crippen molar-refractivity contribution in [2.24, 2.45) is 0 Å². The van der Waals surface area contributed by atoms with E-state index in [-0.39, 0.29) is 0 Å². The lowest BCUT2D eigenvalue weighted by Gasteiger charge is -1.99. The van der Waals surface area contributed by atoms with Crippen LogP contribution >= 0.6 is 0 Å². The molecule has 1 heterocycles. The highest BCUT2D eigenvalue weighted by atomic mass is 15.2. The van der Waals surface area contributed by atoms with Gasteiger partial charge < -0.3 is 0 Å². The Hall–Kier alpha value is -1.33. The zero-order valence-electron chi connectivity index (χ0n) is 6.83. The highest BCUT2D eigenvalue weighted by Crippen LogP contribution is 2.11. The lowest BCUT2D eigenvalue weighted by atomic mass is 10.1. The molecule has 1 aromatic rings. The van der Waals surface area contributed by atoms with Crippen molar-refractivity contribution in [3.8, 4) is 6.07 Å². The van der Waals surface area contributed by atoms with Crippen LogP contribution in [0.4, 0.5) is 0 Å². The van der Waals surface area contributed by atoms with E-state index in [0.717, 1.165) is 12.1 Å². The van der Waals surface area contributed by atoms with E-state index < -0.39 is 0 Å². The molecule has 0 radical (unpaired) electrons. The normalized spacial score (nSPS) is 15.6. The second kappa shape index (κ2) is 2.96. The third-order valence-electron chi connectivity index (χ3n) is 2.03. The van der Waals surface area contributed by atoms with Crippen LogP contribution in [0.5, 0.6) is 0 Å². The van der Waals surface area contributed by atoms with Crippen molar-refractivity contribution in [3.05, 3.63) is 35.4 Å². The Bertz CT molecular complexity index is 304. The van der Waals surface area contributed by atoms with Gasteiger partial charge in [0.15, 0.2) is 0 Å². The summed E-state index contributed by atoms with van der Waals surface area (Å²) in [4.78, 5) is 2.35. The maximum absolute atomic E-state index is 8.56. The van der Waals surface area contributed by atoms with Crippen LogP contribution in [-0.4, -0.2) is 18.0 Å². The van der Waals surface area contributed by atoms with Crippen LogP contribution in [0.1, 0.15) is 11.1 Å². The Labute approximate surface area is 72.0 Å². The molecular weight excluding hydrogens is 148 g/mol. The van der Waals surface area contributed by atoms with Gasteiger partial charge in [-0.15, -0.1) is 0 Å². The van der Waals surface area contributed by atoms with Crippen molar-refractivity contribution in [1.29, 1.82) is 5.26 Å². The van der Waals surface area contributed by atoms with Crippen molar-refractivity contribution in [3.63, 3.8) is 0 Å². The molecule has 0 amide bonds. The summed E-state index contributed by atoms with van der Waals surface area (Å²) in [6, 6.07) is 9.91. The fourth-order valence-electron chi connectivity index (χ4n) is 1.17. The predicted molar refractivity (Wildman–Crippen MR) is 46.4 cm³/mol. The predicted octanol–water partition coefficient (Wildman–Crippen LogP) is 1.37. The molecule has 0 bridgehead atoms. The van der Waals surface area contributed by atoms with E-state index in [1.807, 2.05) is 24.3 Å². The molecule has 1 aromatic carbocycles. The number of nitrogens with zero attached hydrogens (tertiary/aromatic N) is 2. The topological polar surface area (TPSA) is 26.8 Å². The van der Waals surface area contributed by atoms with Crippen molar-refractivity contribution in [2.45, 2.75) is 6.54 Å². The minimum Gasteiger partial charge on any atom is -0.297 e. The average molecular weight is 158 g/mol. The Kier molecular flexibility index (Phi) is 1.81. The summed E-state index contributed by atoms with van der Waals surface area (Å²) in [7, 11) is 0. The minimum absolute atomic E-state index is 0.740. The first-order valence-corrected chi connectivity index (χ1v) is 4.10. The van der Waals surface area contributed by atoms with E-state index in [0.29, 0.717) is 0 Å². The number of hydrogen-bond donors (Lipinski definition) is 0. The van der Waals surface area contributed by atoms with Crippen LogP contribution in [0.2, 0.25) is 0 Å². The van der Waals surface area contributed by atoms with Crippen LogP contribution in [0.15, 0.2) is 24.3 Å². The number of nitriles is 1. The minimum atomic E-state index is 0.740. The van der Waals surface area contributed by atoms with Gasteiger partial charge in [-0.1, -0.05) is 12.1 Å². The number of benzene rings is 1. The van der Waals surface area contributed by atoms with Gasteiger partial charge in [0.25, 0.3) is 0 Å². The van der Waals surface area contributed by atoms with E-state index in [9.17, 15) is 0 Å². The molecule has 1 fully saturated rings. The molecule has 1 aliphatic heterocycles. The molecule has 0 saturated carbocycles. The SMILES string of the molecule is N#Cc1ccc(CN2CC2)cc1. The van der Waals surface area contributed by atoms with Crippen molar-refractivity contribution < 1.29 is 0 Å². The molecule has 0 aromatic heterocycles. The summed E-state index contributed by atoms with van der Waals surface area (Å²) in [5.74, 6) is 0. The lowest BCUT2D eigenvalue weighted by Crippen LogP contribution is -1.95. The van der Waals surface area contributed by atoms with E-state index >= 15 is 0 Å². The highest BCUT2D eigenvalue weighted by Gasteiger charge is 2.16. The third kappa shape index (κ3) is 1.63. The fraction of sp³-hybridized carbons (Fsp3) is 0.300. The summed E-state index contributed by atoms with van der Waals surface area (Å²) in [6.07, 6.45) is 0. The molecule has 2 rings (SSSR count). The number of hydrogen-bond acceptors (Lipinski definition) is 2. The van der Waals surface area contributed by atoms with E-state index in [2.05, 4.69) is 11.0 Å². The molecule has 0 aliphatic carbocycles. The molecule has 1 saturated heterocycles. The van der Waals surface area contributed by atoms with Gasteiger partial charge in [-0.2, -0.15) is 5.26 Å². The smallest absolute Gasteiger partial charge is 0.0991 e. The maximum Gasteiger partial charge on any atom is 0.0991 e. The first-order chi connectivity index (χ1) is 5.88. The zero-order valence-corrected chi connectivity index (χ0v) is 6.83. The molecule has 0 unspecified atom stereocenters. The van der Waals surface area contributed by atoms with Crippen molar-refractivity contribution >= 4 is 0 Å². The van der Waals surface area contributed by atoms with Crippen LogP contribution in [0.3, 0.4) is 0 Å². The summed E-state index contributed by atoms with van der Waals surface area (Å²) in [6.45, 7) is 3.48. The average Bonchev–Trinajstić information content (AvgIpc) is 2.90. The van der Waals surface area contributed by atoms with Gasteiger partial charge in [-0.05, 0) is 17.7 Å². The van der Waals surface area contributed by atoms with Gasteiger partial charge in [-0.25, -0.2) is 0 Å². The van der Waals surface area contributed by atoms with Crippen molar-refractivity contribution in [2.75, 3.05) is 13.1 Å². The standard InChI is InChI=1S/C10H10N2/c11-7-9-1-3-10(4-2-9)8-12-5-6-12/h1-4H,5-6,8H2. The quantitative estimate of drug-likeness (QED) is 0.608. The molecule has 0 spiro atoms. The Morgan fingerprint density at radius 3 is 2.42 bits per heavy atom. The third-order valence-corrected chi connectivity index (χ3v) is 2.03. The molecular formula is C10H10N2. The first-order valence-electron chi connectivity index (χ1n) is 4.10. The van der Waals surface area contributed by atoms with Gasteiger partial charge in [0.1, 0.15) is 0 Å². The molecule has 60 valence electrons. The van der Waals surface area contributed by atoms with Gasteiger partial charge in [0.05, 0.1) is 11.6 Å². The maximum atomic E-state index is 8.56. The van der Waals surface area contributed by atoms with Crippen LogP contribution < -0.4 is 0 Å². The van der Waals surface area contributed by atoms with E-state index in [1.54, 1.807) is 0 Å². The Morgan fingerprint density at radius 2 is 1.92 bits per heavy atom. The largest absolute Gasteiger partial charge is 0.297 e. The van der Waals surface area contributed by atoms with Gasteiger partial charge in [0, 0.05) is 19.6 Å². The van der Waals surface area contributed by atoms with Gasteiger partial charge in [-0.3, -0.25) is 4.90 Å². The van der Waals surface area contributed by atoms with E-state index in [4.69, 9.17) is 5.26 Å². The van der Waals surface area contributed by atoms with Crippen molar-refractivity contribution in [1.82, 2.24) is 4.90 Å². The molecule has 1 aliphatic rings. The molecule has 0 N–H and O–H groups in total. The molecule has 2 nitrogen and oxygen atoms in total. The second-order valence-electron chi connectivity index (χ2n) is 3.08. The van der Waals surface area contributed by atoms with E-state index in [1.165, 1.54) is 18.7 Å². The zero-order chi connectivity index (χ0) is 8.39. The summed E-state index contributed by atoms with van der Waals surface area (Å²) >= 11 is 0. The molecule has 12 heavy (non-hydrogen) atoms. The number of rotatable bonds is 2. The van der Waals surface area contributed by atoms with Crippen LogP contribution in [0.25, 0.3) is 0 Å². The Balaban J connectivity index is 2.08. The molecule has 0 atom stereocenters. The fourth-order valence-corrected chi connectivity index (χ4v) is 1.17. The highest BCUT2D eigenvalue weighted by molar-refractivity contribution is 5.31. The summed E-state index contributed by atoms with van der Waals surface area (Å²) < 4.78 is 0. The second-order valence-corrected chi connectivity index (χ2v) is 3.08. The molecule has 2 heteroatoms. The van der Waals surface area contributed by atoms with Crippen LogP contribution in [-0.2, 0) is 6.54 Å². The monoisotopic (exact) mass is 158 g/mol.